The highest BCUT2D eigenvalue weighted by Crippen LogP contribution is 2.32. The molecule has 0 aromatic heterocycles. The zero-order valence-electron chi connectivity index (χ0n) is 17.6. The van der Waals surface area contributed by atoms with E-state index in [2.05, 4.69) is 4.72 Å². The number of ether oxygens (including phenoxy) is 3. The average Bonchev–Trinajstić information content (AvgIpc) is 2.78. The van der Waals surface area contributed by atoms with Crippen molar-refractivity contribution in [3.05, 3.63) is 66.2 Å². The Balaban J connectivity index is 2.01. The molecule has 0 aliphatic heterocycles. The van der Waals surface area contributed by atoms with Crippen LogP contribution in [0.5, 0.6) is 11.5 Å². The molecule has 3 aromatic rings. The van der Waals surface area contributed by atoms with Crippen LogP contribution < -0.4 is 14.2 Å². The highest BCUT2D eigenvalue weighted by molar-refractivity contribution is 7.89. The summed E-state index contributed by atoms with van der Waals surface area (Å²) in [5, 5.41) is 1.21. The molecule has 7 nitrogen and oxygen atoms in total. The largest absolute Gasteiger partial charge is 0.497 e. The van der Waals surface area contributed by atoms with Crippen molar-refractivity contribution < 1.29 is 27.4 Å². The smallest absolute Gasteiger partial charge is 0.307 e. The first kappa shape index (κ1) is 22.6. The SMILES string of the molecule is CCOC(=O)C[C@@H](NS(=O)(=O)c1ccc(OC)c2ccccc12)c1ccc(OC)cc1. The minimum Gasteiger partial charge on any atom is -0.497 e. The summed E-state index contributed by atoms with van der Waals surface area (Å²) in [4.78, 5) is 12.3. The fourth-order valence-electron chi connectivity index (χ4n) is 3.36. The van der Waals surface area contributed by atoms with Gasteiger partial charge in [-0.05, 0) is 36.8 Å². The fourth-order valence-corrected chi connectivity index (χ4v) is 4.79. The van der Waals surface area contributed by atoms with Gasteiger partial charge in [-0.15, -0.1) is 0 Å². The second-order valence-electron chi connectivity index (χ2n) is 6.77. The van der Waals surface area contributed by atoms with E-state index in [1.165, 1.54) is 13.2 Å². The molecule has 1 atom stereocenters. The van der Waals surface area contributed by atoms with Gasteiger partial charge in [-0.2, -0.15) is 0 Å². The van der Waals surface area contributed by atoms with Crippen LogP contribution in [-0.4, -0.2) is 35.2 Å². The van der Waals surface area contributed by atoms with Gasteiger partial charge in [-0.3, -0.25) is 4.79 Å². The second-order valence-corrected chi connectivity index (χ2v) is 8.45. The van der Waals surface area contributed by atoms with Gasteiger partial charge in [-0.25, -0.2) is 13.1 Å². The van der Waals surface area contributed by atoms with Crippen LogP contribution in [-0.2, 0) is 19.6 Å². The van der Waals surface area contributed by atoms with Gasteiger partial charge in [-0.1, -0.05) is 36.4 Å². The molecule has 3 rings (SSSR count). The molecule has 164 valence electrons. The van der Waals surface area contributed by atoms with Gasteiger partial charge in [0.25, 0.3) is 0 Å². The molecule has 0 spiro atoms. The van der Waals surface area contributed by atoms with Crippen molar-refractivity contribution in [2.24, 2.45) is 0 Å². The van der Waals surface area contributed by atoms with Crippen LogP contribution in [0.15, 0.2) is 65.6 Å². The van der Waals surface area contributed by atoms with Gasteiger partial charge in [0.2, 0.25) is 10.0 Å². The quantitative estimate of drug-likeness (QED) is 0.506. The number of rotatable bonds is 9. The highest BCUT2D eigenvalue weighted by atomic mass is 32.2. The van der Waals surface area contributed by atoms with Gasteiger partial charge in [0.15, 0.2) is 0 Å². The standard InChI is InChI=1S/C23H25NO6S/c1-4-30-23(25)15-20(16-9-11-17(28-2)12-10-16)24-31(26,27)22-14-13-21(29-3)18-7-5-6-8-19(18)22/h5-14,20,24H,4,15H2,1-3H3/t20-/m1/s1. The predicted octanol–water partition coefficient (Wildman–Crippen LogP) is 3.83. The topological polar surface area (TPSA) is 90.9 Å². The summed E-state index contributed by atoms with van der Waals surface area (Å²) in [5.74, 6) is 0.709. The molecule has 1 N–H and O–H groups in total. The number of hydrogen-bond acceptors (Lipinski definition) is 6. The van der Waals surface area contributed by atoms with Gasteiger partial charge >= 0.3 is 5.97 Å². The Bertz CT molecular complexity index is 1160. The van der Waals surface area contributed by atoms with E-state index in [-0.39, 0.29) is 17.9 Å². The van der Waals surface area contributed by atoms with Crippen molar-refractivity contribution in [3.8, 4) is 11.5 Å². The number of sulfonamides is 1. The molecule has 8 heteroatoms. The molecular formula is C23H25NO6S. The lowest BCUT2D eigenvalue weighted by Gasteiger charge is -2.20. The number of fused-ring (bicyclic) bond motifs is 1. The molecule has 0 saturated heterocycles. The zero-order chi connectivity index (χ0) is 22.4. The van der Waals surface area contributed by atoms with Gasteiger partial charge in [0.05, 0.1) is 38.2 Å². The lowest BCUT2D eigenvalue weighted by Crippen LogP contribution is -2.31. The minimum atomic E-state index is -3.98. The van der Waals surface area contributed by atoms with Crippen LogP contribution in [0.3, 0.4) is 0 Å². The summed E-state index contributed by atoms with van der Waals surface area (Å²) in [6, 6.07) is 16.3. The molecule has 31 heavy (non-hydrogen) atoms. The first-order chi connectivity index (χ1) is 14.9. The summed E-state index contributed by atoms with van der Waals surface area (Å²) in [7, 11) is -0.901. The van der Waals surface area contributed by atoms with Crippen LogP contribution in [0.1, 0.15) is 24.9 Å². The van der Waals surface area contributed by atoms with E-state index in [1.807, 2.05) is 6.07 Å². The maximum absolute atomic E-state index is 13.4. The monoisotopic (exact) mass is 443 g/mol. The third-order valence-electron chi connectivity index (χ3n) is 4.85. The number of hydrogen-bond donors (Lipinski definition) is 1. The molecule has 0 radical (unpaired) electrons. The van der Waals surface area contributed by atoms with E-state index in [0.717, 1.165) is 0 Å². The van der Waals surface area contributed by atoms with E-state index in [9.17, 15) is 13.2 Å². The van der Waals surface area contributed by atoms with Crippen LogP contribution in [0.25, 0.3) is 10.8 Å². The van der Waals surface area contributed by atoms with E-state index in [1.54, 1.807) is 62.6 Å². The number of nitrogens with one attached hydrogen (secondary N) is 1. The zero-order valence-corrected chi connectivity index (χ0v) is 18.4. The van der Waals surface area contributed by atoms with Crippen molar-refractivity contribution in [1.29, 1.82) is 0 Å². The molecule has 0 bridgehead atoms. The molecule has 0 fully saturated rings. The third kappa shape index (κ3) is 5.15. The van der Waals surface area contributed by atoms with Crippen molar-refractivity contribution in [2.75, 3.05) is 20.8 Å². The van der Waals surface area contributed by atoms with E-state index < -0.39 is 22.0 Å². The van der Waals surface area contributed by atoms with E-state index >= 15 is 0 Å². The van der Waals surface area contributed by atoms with Crippen LogP contribution in [0, 0.1) is 0 Å². The first-order valence-corrected chi connectivity index (χ1v) is 11.3. The maximum Gasteiger partial charge on any atom is 0.307 e. The summed E-state index contributed by atoms with van der Waals surface area (Å²) >= 11 is 0. The Kier molecular flexibility index (Phi) is 7.14. The second kappa shape index (κ2) is 9.80. The summed E-state index contributed by atoms with van der Waals surface area (Å²) in [6.07, 6.45) is -0.145. The summed E-state index contributed by atoms with van der Waals surface area (Å²) < 4.78 is 45.0. The lowest BCUT2D eigenvalue weighted by molar-refractivity contribution is -0.143. The van der Waals surface area contributed by atoms with Crippen molar-refractivity contribution in [3.63, 3.8) is 0 Å². The molecule has 0 amide bonds. The average molecular weight is 444 g/mol. The number of esters is 1. The Morgan fingerprint density at radius 1 is 0.935 bits per heavy atom. The van der Waals surface area contributed by atoms with Gasteiger partial charge < -0.3 is 14.2 Å². The number of carbonyl (C=O) groups excluding carboxylic acids is 1. The maximum atomic E-state index is 13.4. The summed E-state index contributed by atoms with van der Waals surface area (Å²) in [6.45, 7) is 1.91. The lowest BCUT2D eigenvalue weighted by atomic mass is 10.0. The number of carbonyl (C=O) groups is 1. The number of benzene rings is 3. The highest BCUT2D eigenvalue weighted by Gasteiger charge is 2.26. The van der Waals surface area contributed by atoms with Crippen molar-refractivity contribution in [1.82, 2.24) is 4.72 Å². The fraction of sp³-hybridized carbons (Fsp3) is 0.261. The summed E-state index contributed by atoms with van der Waals surface area (Å²) in [5.41, 5.74) is 0.621. The molecule has 0 aliphatic rings. The van der Waals surface area contributed by atoms with Crippen molar-refractivity contribution >= 4 is 26.8 Å². The predicted molar refractivity (Wildman–Crippen MR) is 118 cm³/mol. The van der Waals surface area contributed by atoms with Crippen LogP contribution in [0.2, 0.25) is 0 Å². The number of methoxy groups -OCH3 is 2. The molecular weight excluding hydrogens is 418 g/mol. The van der Waals surface area contributed by atoms with Gasteiger partial charge in [0.1, 0.15) is 11.5 Å². The molecule has 0 saturated carbocycles. The molecule has 0 heterocycles. The Morgan fingerprint density at radius 2 is 1.61 bits per heavy atom. The normalized spacial score (nSPS) is 12.4. The first-order valence-electron chi connectivity index (χ1n) is 9.77. The Labute approximate surface area is 182 Å². The van der Waals surface area contributed by atoms with Crippen LogP contribution in [0.4, 0.5) is 0 Å². The van der Waals surface area contributed by atoms with Crippen molar-refractivity contribution in [2.45, 2.75) is 24.3 Å². The van der Waals surface area contributed by atoms with Gasteiger partial charge in [0, 0.05) is 10.8 Å². The van der Waals surface area contributed by atoms with Crippen LogP contribution >= 0.6 is 0 Å². The van der Waals surface area contributed by atoms with E-state index in [4.69, 9.17) is 14.2 Å². The molecule has 0 unspecified atom stereocenters. The van der Waals surface area contributed by atoms with E-state index in [0.29, 0.717) is 27.8 Å². The third-order valence-corrected chi connectivity index (χ3v) is 6.38. The Morgan fingerprint density at radius 3 is 2.23 bits per heavy atom. The Hall–Kier alpha value is -3.10. The minimum absolute atomic E-state index is 0.103. The molecule has 3 aromatic carbocycles. The molecule has 0 aliphatic carbocycles.